The van der Waals surface area contributed by atoms with E-state index in [2.05, 4.69) is 10.3 Å². The standard InChI is InChI=1S/C20H23ClN2O6/c1-6-28-19(25)16-10(2)17(22-11(16)3)20(26)29-12(4)18(24)23-14-9-13(21)7-8-15(14)27-5/h7-9,12,22H,6H2,1-5H3,(H,23,24)/t12-/m0/s1. The van der Waals surface area contributed by atoms with E-state index in [9.17, 15) is 14.4 Å². The number of carbonyl (C=O) groups is 3. The molecule has 9 heteroatoms. The van der Waals surface area contributed by atoms with Gasteiger partial charge in [0.15, 0.2) is 6.10 Å². The highest BCUT2D eigenvalue weighted by molar-refractivity contribution is 6.31. The first-order valence-electron chi connectivity index (χ1n) is 8.91. The summed E-state index contributed by atoms with van der Waals surface area (Å²) < 4.78 is 15.4. The first-order valence-corrected chi connectivity index (χ1v) is 9.29. The number of carbonyl (C=O) groups excluding carboxylic acids is 3. The maximum absolute atomic E-state index is 12.5. The smallest absolute Gasteiger partial charge is 0.355 e. The molecule has 1 aromatic carbocycles. The minimum Gasteiger partial charge on any atom is -0.495 e. The number of nitrogens with one attached hydrogen (secondary N) is 2. The molecule has 0 bridgehead atoms. The summed E-state index contributed by atoms with van der Waals surface area (Å²) in [5.74, 6) is -1.44. The van der Waals surface area contributed by atoms with Gasteiger partial charge < -0.3 is 24.5 Å². The van der Waals surface area contributed by atoms with Gasteiger partial charge in [0.2, 0.25) is 0 Å². The van der Waals surface area contributed by atoms with Crippen molar-refractivity contribution in [2.75, 3.05) is 19.0 Å². The lowest BCUT2D eigenvalue weighted by molar-refractivity contribution is -0.123. The average Bonchev–Trinajstić information content (AvgIpc) is 2.96. The molecule has 0 aliphatic carbocycles. The van der Waals surface area contributed by atoms with E-state index < -0.39 is 23.9 Å². The summed E-state index contributed by atoms with van der Waals surface area (Å²) >= 11 is 5.95. The number of aryl methyl sites for hydroxylation is 1. The molecule has 1 atom stereocenters. The van der Waals surface area contributed by atoms with Crippen molar-refractivity contribution in [3.63, 3.8) is 0 Å². The van der Waals surface area contributed by atoms with Crippen molar-refractivity contribution >= 4 is 35.1 Å². The largest absolute Gasteiger partial charge is 0.495 e. The van der Waals surface area contributed by atoms with Crippen LogP contribution in [0.25, 0.3) is 0 Å². The molecule has 8 nitrogen and oxygen atoms in total. The van der Waals surface area contributed by atoms with E-state index in [1.165, 1.54) is 20.1 Å². The lowest BCUT2D eigenvalue weighted by Gasteiger charge is -2.15. The van der Waals surface area contributed by atoms with Crippen LogP contribution in [-0.4, -0.2) is 42.7 Å². The molecule has 2 aromatic rings. The van der Waals surface area contributed by atoms with Crippen LogP contribution in [-0.2, 0) is 14.3 Å². The molecule has 0 spiro atoms. The summed E-state index contributed by atoms with van der Waals surface area (Å²) in [6.45, 7) is 6.60. The van der Waals surface area contributed by atoms with Crippen molar-refractivity contribution in [1.29, 1.82) is 0 Å². The molecule has 2 N–H and O–H groups in total. The third-order valence-corrected chi connectivity index (χ3v) is 4.43. The van der Waals surface area contributed by atoms with Crippen LogP contribution in [0, 0.1) is 13.8 Å². The number of H-pyrrole nitrogens is 1. The second kappa shape index (κ2) is 9.47. The Hall–Kier alpha value is -3.00. The summed E-state index contributed by atoms with van der Waals surface area (Å²) in [6, 6.07) is 4.75. The molecule has 0 aliphatic rings. The van der Waals surface area contributed by atoms with Crippen LogP contribution < -0.4 is 10.1 Å². The number of amides is 1. The van der Waals surface area contributed by atoms with Gasteiger partial charge in [0, 0.05) is 10.7 Å². The number of esters is 2. The average molecular weight is 423 g/mol. The van der Waals surface area contributed by atoms with Gasteiger partial charge >= 0.3 is 11.9 Å². The molecular weight excluding hydrogens is 400 g/mol. The third-order valence-electron chi connectivity index (χ3n) is 4.19. The van der Waals surface area contributed by atoms with Crippen molar-refractivity contribution in [3.05, 3.63) is 45.7 Å². The molecule has 1 amide bonds. The number of rotatable bonds is 7. The van der Waals surface area contributed by atoms with Gasteiger partial charge in [-0.15, -0.1) is 0 Å². The normalized spacial score (nSPS) is 11.5. The number of methoxy groups -OCH3 is 1. The van der Waals surface area contributed by atoms with Crippen LogP contribution in [0.3, 0.4) is 0 Å². The zero-order valence-electron chi connectivity index (χ0n) is 16.8. The minimum absolute atomic E-state index is 0.0885. The Bertz CT molecular complexity index is 937. The predicted molar refractivity (Wildman–Crippen MR) is 108 cm³/mol. The Labute approximate surface area is 173 Å². The molecule has 0 saturated carbocycles. The monoisotopic (exact) mass is 422 g/mol. The zero-order valence-corrected chi connectivity index (χ0v) is 17.6. The maximum atomic E-state index is 12.5. The zero-order chi connectivity index (χ0) is 21.7. The van der Waals surface area contributed by atoms with Gasteiger partial charge in [-0.1, -0.05) is 11.6 Å². The van der Waals surface area contributed by atoms with E-state index in [4.69, 9.17) is 25.8 Å². The molecule has 0 unspecified atom stereocenters. The van der Waals surface area contributed by atoms with Gasteiger partial charge in [0.05, 0.1) is 25.0 Å². The first kappa shape index (κ1) is 22.3. The van der Waals surface area contributed by atoms with Crippen LogP contribution in [0.5, 0.6) is 5.75 Å². The highest BCUT2D eigenvalue weighted by Crippen LogP contribution is 2.28. The third kappa shape index (κ3) is 5.08. The van der Waals surface area contributed by atoms with E-state index in [1.54, 1.807) is 32.9 Å². The van der Waals surface area contributed by atoms with Gasteiger partial charge in [-0.2, -0.15) is 0 Å². The van der Waals surface area contributed by atoms with E-state index in [0.29, 0.717) is 27.7 Å². The van der Waals surface area contributed by atoms with Crippen molar-refractivity contribution < 1.29 is 28.6 Å². The fourth-order valence-electron chi connectivity index (χ4n) is 2.75. The van der Waals surface area contributed by atoms with E-state index in [1.807, 2.05) is 0 Å². The summed E-state index contributed by atoms with van der Waals surface area (Å²) in [5, 5.41) is 3.03. The number of hydrogen-bond acceptors (Lipinski definition) is 6. The van der Waals surface area contributed by atoms with Gasteiger partial charge in [-0.25, -0.2) is 9.59 Å². The fraction of sp³-hybridized carbons (Fsp3) is 0.350. The molecule has 0 saturated heterocycles. The van der Waals surface area contributed by atoms with E-state index in [-0.39, 0.29) is 17.9 Å². The van der Waals surface area contributed by atoms with Gasteiger partial charge in [-0.05, 0) is 51.5 Å². The predicted octanol–water partition coefficient (Wildman–Crippen LogP) is 3.65. The Kier molecular flexibility index (Phi) is 7.28. The van der Waals surface area contributed by atoms with Crippen molar-refractivity contribution in [2.24, 2.45) is 0 Å². The molecule has 156 valence electrons. The second-order valence-electron chi connectivity index (χ2n) is 6.23. The minimum atomic E-state index is -1.11. The Morgan fingerprint density at radius 2 is 1.90 bits per heavy atom. The molecule has 0 aliphatic heterocycles. The van der Waals surface area contributed by atoms with Gasteiger partial charge in [0.25, 0.3) is 5.91 Å². The first-order chi connectivity index (χ1) is 13.7. The number of halogens is 1. The molecular formula is C20H23ClN2O6. The molecule has 1 aromatic heterocycles. The Morgan fingerprint density at radius 1 is 1.21 bits per heavy atom. The number of aromatic amines is 1. The molecule has 29 heavy (non-hydrogen) atoms. The number of ether oxygens (including phenoxy) is 3. The fourth-order valence-corrected chi connectivity index (χ4v) is 2.92. The van der Waals surface area contributed by atoms with Crippen LogP contribution >= 0.6 is 11.6 Å². The summed E-state index contributed by atoms with van der Waals surface area (Å²) in [5.41, 5.74) is 1.60. The van der Waals surface area contributed by atoms with E-state index in [0.717, 1.165) is 0 Å². The Balaban J connectivity index is 2.13. The highest BCUT2D eigenvalue weighted by Gasteiger charge is 2.26. The topological polar surface area (TPSA) is 107 Å². The Morgan fingerprint density at radius 3 is 2.52 bits per heavy atom. The van der Waals surface area contributed by atoms with Crippen LogP contribution in [0.4, 0.5) is 5.69 Å². The summed E-state index contributed by atoms with van der Waals surface area (Å²) in [6.07, 6.45) is -1.11. The van der Waals surface area contributed by atoms with Gasteiger partial charge in [-0.3, -0.25) is 4.79 Å². The highest BCUT2D eigenvalue weighted by atomic mass is 35.5. The number of aromatic nitrogens is 1. The SMILES string of the molecule is CCOC(=O)c1c(C)[nH]c(C(=O)O[C@@H](C)C(=O)Nc2cc(Cl)ccc2OC)c1C. The van der Waals surface area contributed by atoms with Gasteiger partial charge in [0.1, 0.15) is 11.4 Å². The number of anilines is 1. The lowest BCUT2D eigenvalue weighted by atomic mass is 10.1. The van der Waals surface area contributed by atoms with E-state index >= 15 is 0 Å². The lowest BCUT2D eigenvalue weighted by Crippen LogP contribution is -2.30. The summed E-state index contributed by atoms with van der Waals surface area (Å²) in [4.78, 5) is 39.9. The molecule has 0 fully saturated rings. The van der Waals surface area contributed by atoms with Crippen molar-refractivity contribution in [2.45, 2.75) is 33.8 Å². The molecule has 2 rings (SSSR count). The quantitative estimate of drug-likeness (QED) is 0.659. The number of hydrogen-bond donors (Lipinski definition) is 2. The van der Waals surface area contributed by atoms with Crippen LogP contribution in [0.2, 0.25) is 5.02 Å². The number of benzene rings is 1. The van der Waals surface area contributed by atoms with Crippen LogP contribution in [0.1, 0.15) is 46.0 Å². The second-order valence-corrected chi connectivity index (χ2v) is 6.66. The maximum Gasteiger partial charge on any atom is 0.355 e. The van der Waals surface area contributed by atoms with Crippen LogP contribution in [0.15, 0.2) is 18.2 Å². The van der Waals surface area contributed by atoms with Crippen molar-refractivity contribution in [3.8, 4) is 5.75 Å². The summed E-state index contributed by atoms with van der Waals surface area (Å²) in [7, 11) is 1.46. The van der Waals surface area contributed by atoms with Crippen molar-refractivity contribution in [1.82, 2.24) is 4.98 Å². The molecule has 1 heterocycles. The molecule has 0 radical (unpaired) electrons.